The number of nitrogens with zero attached hydrogens (tertiary/aromatic N) is 14. The summed E-state index contributed by atoms with van der Waals surface area (Å²) in [7, 11) is 7.31. The molecule has 8 aromatic heterocycles. The Morgan fingerprint density at radius 2 is 1.00 bits per heavy atom. The minimum absolute atomic E-state index is 0.284. The number of hydrogen-bond donors (Lipinski definition) is 0. The van der Waals surface area contributed by atoms with Crippen molar-refractivity contribution in [2.45, 2.75) is 52.7 Å². The van der Waals surface area contributed by atoms with Gasteiger partial charge in [0, 0.05) is 106 Å². The number of halogens is 3. The number of hydrogen-bond acceptors (Lipinski definition) is 10. The molecule has 9 heterocycles. The van der Waals surface area contributed by atoms with Crippen LogP contribution in [0, 0.1) is 29.3 Å². The van der Waals surface area contributed by atoms with Crippen LogP contribution in [0.25, 0.3) is 88.6 Å². The van der Waals surface area contributed by atoms with Gasteiger partial charge in [-0.15, -0.1) is 0 Å². The third kappa shape index (κ3) is 9.12. The molecule has 1 fully saturated rings. The normalized spacial score (nSPS) is 13.9. The molecule has 12 aromatic rings. The second-order valence-electron chi connectivity index (χ2n) is 19.9. The van der Waals surface area contributed by atoms with Crippen LogP contribution in [0.1, 0.15) is 38.8 Å². The molecule has 0 bridgehead atoms. The topological polar surface area (TPSA) is 151 Å². The van der Waals surface area contributed by atoms with Crippen LogP contribution in [0.15, 0.2) is 135 Å². The Labute approximate surface area is 450 Å². The molecule has 0 spiro atoms. The molecule has 0 saturated carbocycles. The van der Waals surface area contributed by atoms with Gasteiger partial charge in [0.05, 0.1) is 63.2 Å². The number of fused-ring (bicyclic) bond motifs is 4. The van der Waals surface area contributed by atoms with Crippen molar-refractivity contribution in [3.05, 3.63) is 161 Å². The third-order valence-corrected chi connectivity index (χ3v) is 15.3. The van der Waals surface area contributed by atoms with Crippen molar-refractivity contribution in [1.82, 2.24) is 68.7 Å². The number of benzene rings is 4. The number of rotatable bonds is 6. The molecule has 0 aliphatic carbocycles. The summed E-state index contributed by atoms with van der Waals surface area (Å²) in [6.07, 6.45) is 14.6. The summed E-state index contributed by atoms with van der Waals surface area (Å²) >= 11 is 2.33. The molecular weight excluding hydrogens is 1080 g/mol. The van der Waals surface area contributed by atoms with E-state index in [0.717, 1.165) is 103 Å². The predicted octanol–water partition coefficient (Wildman–Crippen LogP) is 10.6. The Kier molecular flexibility index (Phi) is 12.8. The molecular formula is C56H52BF2IN14O2. The van der Waals surface area contributed by atoms with E-state index >= 15 is 0 Å². The van der Waals surface area contributed by atoms with E-state index < -0.39 is 11.9 Å². The maximum atomic E-state index is 13.6. The Morgan fingerprint density at radius 1 is 0.500 bits per heavy atom. The Balaban J connectivity index is 0.000000130. The molecule has 76 heavy (non-hydrogen) atoms. The minimum atomic E-state index is -0.525. The molecule has 4 aromatic carbocycles. The first kappa shape index (κ1) is 50.2. The summed E-state index contributed by atoms with van der Waals surface area (Å²) < 4.78 is 50.7. The van der Waals surface area contributed by atoms with Crippen LogP contribution < -0.4 is 5.46 Å². The minimum Gasteiger partial charge on any atom is -0.399 e. The van der Waals surface area contributed by atoms with Gasteiger partial charge in [0.25, 0.3) is 0 Å². The van der Waals surface area contributed by atoms with Crippen LogP contribution in [-0.2, 0) is 37.5 Å². The van der Waals surface area contributed by atoms with Crippen LogP contribution in [0.5, 0.6) is 0 Å². The lowest BCUT2D eigenvalue weighted by Crippen LogP contribution is -2.41. The lowest BCUT2D eigenvalue weighted by atomic mass is 9.82. The molecule has 13 rings (SSSR count). The summed E-state index contributed by atoms with van der Waals surface area (Å²) in [6, 6.07) is 26.6. The van der Waals surface area contributed by atoms with E-state index in [-0.39, 0.29) is 18.3 Å². The zero-order valence-electron chi connectivity index (χ0n) is 43.5. The van der Waals surface area contributed by atoms with Gasteiger partial charge in [-0.1, -0.05) is 30.3 Å². The molecule has 382 valence electrons. The van der Waals surface area contributed by atoms with Gasteiger partial charge in [0.2, 0.25) is 11.9 Å². The molecule has 0 unspecified atom stereocenters. The average Bonchev–Trinajstić information content (AvgIpc) is 4.31. The molecule has 0 N–H and O–H groups in total. The van der Waals surface area contributed by atoms with Gasteiger partial charge in [-0.05, 0) is 135 Å². The average molecular weight is 1130 g/mol. The maximum Gasteiger partial charge on any atom is 0.498 e. The smallest absolute Gasteiger partial charge is 0.399 e. The van der Waals surface area contributed by atoms with E-state index in [1.54, 1.807) is 27.7 Å². The highest BCUT2D eigenvalue weighted by Crippen LogP contribution is 2.40. The van der Waals surface area contributed by atoms with Crippen molar-refractivity contribution in [3.8, 4) is 45.0 Å². The van der Waals surface area contributed by atoms with Crippen LogP contribution in [0.2, 0.25) is 0 Å². The van der Waals surface area contributed by atoms with Gasteiger partial charge in [-0.2, -0.15) is 39.4 Å². The fourth-order valence-electron chi connectivity index (χ4n) is 9.62. The van der Waals surface area contributed by atoms with E-state index in [1.165, 1.54) is 24.5 Å². The van der Waals surface area contributed by atoms with Gasteiger partial charge in [0.1, 0.15) is 11.4 Å². The lowest BCUT2D eigenvalue weighted by Gasteiger charge is -2.32. The Morgan fingerprint density at radius 3 is 1.47 bits per heavy atom. The zero-order chi connectivity index (χ0) is 53.4. The van der Waals surface area contributed by atoms with Crippen molar-refractivity contribution >= 4 is 78.8 Å². The van der Waals surface area contributed by atoms with Crippen molar-refractivity contribution in [1.29, 1.82) is 0 Å². The standard InChI is InChI=1S/C25H20FN7.C21H15FIN5.C10H17BN2O2/c1-15-18(16-11-28-31(2)13-16)8-9-20-24(19-5-4-6-22-21(19)14-32(3)29-22)30-33(25(15)20)17-7-10-23(26)27-12-17;1-12-17(23)8-7-15-20(14-4-3-5-18-16(14)11-27(2)25-18)26-28(21(12)15)13-6-9-19(22)24-10-13;1-9(2)10(3,4)15-11(14-9)8-6-12-13(5)7-8/h4-14H,1-3H3;3-11H,1-2H3;6-7H,1-5H3. The van der Waals surface area contributed by atoms with Crippen molar-refractivity contribution < 1.29 is 18.1 Å². The molecule has 16 nitrogen and oxygen atoms in total. The van der Waals surface area contributed by atoms with Gasteiger partial charge in [0.15, 0.2) is 0 Å². The highest BCUT2D eigenvalue weighted by Gasteiger charge is 2.52. The molecule has 1 saturated heterocycles. The molecule has 0 atom stereocenters. The summed E-state index contributed by atoms with van der Waals surface area (Å²) in [6.45, 7) is 12.3. The van der Waals surface area contributed by atoms with E-state index in [0.29, 0.717) is 5.69 Å². The first-order valence-electron chi connectivity index (χ1n) is 24.5. The maximum absolute atomic E-state index is 13.6. The predicted molar refractivity (Wildman–Crippen MR) is 300 cm³/mol. The third-order valence-electron chi connectivity index (χ3n) is 14.1. The van der Waals surface area contributed by atoms with Crippen molar-refractivity contribution in [2.24, 2.45) is 28.2 Å². The fraction of sp³-hybridized carbons (Fsp3) is 0.214. The number of aromatic nitrogens is 14. The first-order valence-corrected chi connectivity index (χ1v) is 25.5. The van der Waals surface area contributed by atoms with Crippen LogP contribution in [0.3, 0.4) is 0 Å². The number of aryl methyl sites for hydroxylation is 6. The highest BCUT2D eigenvalue weighted by molar-refractivity contribution is 14.1. The first-order chi connectivity index (χ1) is 36.3. The SMILES string of the molecule is Cc1c(-c2cnn(C)c2)ccc2c(-c3cccc4nn(C)cc34)nn(-c3ccc(F)nc3)c12.Cc1c(I)ccc2c(-c3cccc4nn(C)cc34)nn(-c3ccc(F)nc3)c12.Cn1cc(B2OC(C)(C)C(C)(C)O2)cn1. The second kappa shape index (κ2) is 19.3. The van der Waals surface area contributed by atoms with Crippen LogP contribution in [0.4, 0.5) is 8.78 Å². The number of pyridine rings is 2. The molecule has 20 heteroatoms. The highest BCUT2D eigenvalue weighted by atomic mass is 127. The summed E-state index contributed by atoms with van der Waals surface area (Å²) in [5.41, 5.74) is 13.6. The van der Waals surface area contributed by atoms with Crippen molar-refractivity contribution in [2.75, 3.05) is 0 Å². The summed E-state index contributed by atoms with van der Waals surface area (Å²) in [5.74, 6) is -1.03. The lowest BCUT2D eigenvalue weighted by molar-refractivity contribution is 0.00578. The van der Waals surface area contributed by atoms with E-state index in [9.17, 15) is 8.78 Å². The fourth-order valence-corrected chi connectivity index (χ4v) is 10.1. The van der Waals surface area contributed by atoms with Gasteiger partial charge >= 0.3 is 7.12 Å². The van der Waals surface area contributed by atoms with Crippen molar-refractivity contribution in [3.63, 3.8) is 0 Å². The Bertz CT molecular complexity index is 4140. The zero-order valence-corrected chi connectivity index (χ0v) is 45.6. The van der Waals surface area contributed by atoms with Crippen LogP contribution in [-0.4, -0.2) is 87.0 Å². The van der Waals surface area contributed by atoms with Gasteiger partial charge in [-0.3, -0.25) is 18.7 Å². The largest absolute Gasteiger partial charge is 0.498 e. The van der Waals surface area contributed by atoms with E-state index in [1.807, 2.05) is 130 Å². The summed E-state index contributed by atoms with van der Waals surface area (Å²) in [4.78, 5) is 7.66. The molecule has 0 radical (unpaired) electrons. The molecule has 0 amide bonds. The van der Waals surface area contributed by atoms with E-state index in [4.69, 9.17) is 19.5 Å². The van der Waals surface area contributed by atoms with Crippen LogP contribution >= 0.6 is 22.6 Å². The summed E-state index contributed by atoms with van der Waals surface area (Å²) in [5, 5.41) is 31.6. The second-order valence-corrected chi connectivity index (χ2v) is 21.1. The quantitative estimate of drug-likeness (QED) is 0.0894. The molecule has 1 aliphatic rings. The molecule has 1 aliphatic heterocycles. The van der Waals surface area contributed by atoms with Gasteiger partial charge in [-0.25, -0.2) is 19.3 Å². The Hall–Kier alpha value is -7.95. The van der Waals surface area contributed by atoms with E-state index in [2.05, 4.69) is 103 Å². The monoisotopic (exact) mass is 1130 g/mol. The van der Waals surface area contributed by atoms with Gasteiger partial charge < -0.3 is 9.31 Å².